The highest BCUT2D eigenvalue weighted by atomic mass is 32.2. The van der Waals surface area contributed by atoms with Gasteiger partial charge in [-0.2, -0.15) is 0 Å². The minimum atomic E-state index is -4.99. The number of amides is 1. The number of hydrogen-bond acceptors (Lipinski definition) is 6. The van der Waals surface area contributed by atoms with Crippen LogP contribution in [0.3, 0.4) is 0 Å². The van der Waals surface area contributed by atoms with Crippen LogP contribution < -0.4 is 14.8 Å². The quantitative estimate of drug-likeness (QED) is 0.308. The summed E-state index contributed by atoms with van der Waals surface area (Å²) in [4.78, 5) is 15.0. The normalized spacial score (nSPS) is 12.3. The first-order valence-corrected chi connectivity index (χ1v) is 13.7. The number of aromatic amines is 1. The summed E-state index contributed by atoms with van der Waals surface area (Å²) in [6.07, 6.45) is -3.98. The van der Waals surface area contributed by atoms with Crippen LogP contribution in [0.1, 0.15) is 10.5 Å². The van der Waals surface area contributed by atoms with Crippen molar-refractivity contribution in [3.05, 3.63) is 78.5 Å². The van der Waals surface area contributed by atoms with Gasteiger partial charge in [-0.05, 0) is 54.6 Å². The Hall–Kier alpha value is -4.04. The van der Waals surface area contributed by atoms with E-state index in [1.165, 1.54) is 42.5 Å². The van der Waals surface area contributed by atoms with E-state index in [4.69, 9.17) is 0 Å². The van der Waals surface area contributed by atoms with Gasteiger partial charge in [0.1, 0.15) is 11.4 Å². The second-order valence-electron chi connectivity index (χ2n) is 7.87. The summed E-state index contributed by atoms with van der Waals surface area (Å²) >= 11 is 0. The number of alkyl halides is 3. The number of carbonyl (C=O) groups is 1. The van der Waals surface area contributed by atoms with Crippen LogP contribution >= 0.6 is 0 Å². The summed E-state index contributed by atoms with van der Waals surface area (Å²) in [6, 6.07) is 15.4. The van der Waals surface area contributed by atoms with Gasteiger partial charge in [-0.25, -0.2) is 16.8 Å². The van der Waals surface area contributed by atoms with E-state index in [0.29, 0.717) is 16.6 Å². The molecule has 1 amide bonds. The van der Waals surface area contributed by atoms with Gasteiger partial charge in [-0.3, -0.25) is 9.52 Å². The minimum Gasteiger partial charge on any atom is -0.406 e. The Bertz CT molecular complexity index is 1720. The molecule has 0 fully saturated rings. The molecule has 1 heterocycles. The molecule has 4 aromatic rings. The predicted molar refractivity (Wildman–Crippen MR) is 130 cm³/mol. The third-order valence-electron chi connectivity index (χ3n) is 4.92. The number of sulfonamides is 1. The number of aromatic nitrogens is 1. The highest BCUT2D eigenvalue weighted by Gasteiger charge is 2.31. The van der Waals surface area contributed by atoms with Gasteiger partial charge in [0.25, 0.3) is 5.91 Å². The Labute approximate surface area is 209 Å². The molecule has 0 saturated carbocycles. The van der Waals surface area contributed by atoms with Gasteiger partial charge in [0.15, 0.2) is 0 Å². The molecule has 0 bridgehead atoms. The number of fused-ring (bicyclic) bond motifs is 1. The van der Waals surface area contributed by atoms with Gasteiger partial charge in [-0.1, -0.05) is 18.2 Å². The van der Waals surface area contributed by atoms with E-state index >= 15 is 0 Å². The largest absolute Gasteiger partial charge is 0.573 e. The third kappa shape index (κ3) is 6.40. The average Bonchev–Trinajstić information content (AvgIpc) is 3.21. The number of carbonyl (C=O) groups excluding carboxylic acids is 1. The van der Waals surface area contributed by atoms with E-state index in [1.807, 2.05) is 0 Å². The van der Waals surface area contributed by atoms with Gasteiger partial charge in [0.05, 0.1) is 21.7 Å². The Morgan fingerprint density at radius 3 is 2.22 bits per heavy atom. The second kappa shape index (κ2) is 9.44. The van der Waals surface area contributed by atoms with Crippen LogP contribution in [-0.4, -0.2) is 40.3 Å². The number of nitrogens with one attached hydrogen (secondary N) is 3. The molecule has 4 rings (SSSR count). The molecular formula is C23H18F3N3O6S2. The number of hydrogen-bond donors (Lipinski definition) is 3. The maximum Gasteiger partial charge on any atom is 0.573 e. The lowest BCUT2D eigenvalue weighted by Crippen LogP contribution is -2.17. The maximum atomic E-state index is 13.0. The molecule has 0 unspecified atom stereocenters. The average molecular weight is 554 g/mol. The molecule has 3 N–H and O–H groups in total. The van der Waals surface area contributed by atoms with E-state index in [0.717, 1.165) is 30.5 Å². The molecule has 194 valence electrons. The van der Waals surface area contributed by atoms with Crippen molar-refractivity contribution >= 4 is 48.0 Å². The first kappa shape index (κ1) is 26.0. The lowest BCUT2D eigenvalue weighted by atomic mass is 10.2. The highest BCUT2D eigenvalue weighted by Crippen LogP contribution is 2.29. The fourth-order valence-corrected chi connectivity index (χ4v) is 5.34. The van der Waals surface area contributed by atoms with Crippen molar-refractivity contribution in [2.45, 2.75) is 16.2 Å². The number of ether oxygens (including phenoxy) is 1. The summed E-state index contributed by atoms with van der Waals surface area (Å²) in [5.74, 6) is -1.30. The molecule has 0 spiro atoms. The van der Waals surface area contributed by atoms with Crippen LogP contribution in [0.25, 0.3) is 10.9 Å². The molecule has 14 heteroatoms. The predicted octanol–water partition coefficient (Wildman–Crippen LogP) is 4.52. The zero-order chi connectivity index (χ0) is 27.0. The van der Waals surface area contributed by atoms with E-state index in [-0.39, 0.29) is 16.3 Å². The summed E-state index contributed by atoms with van der Waals surface area (Å²) in [5, 5.41) is 3.19. The first-order valence-electron chi connectivity index (χ1n) is 10.3. The number of anilines is 2. The van der Waals surface area contributed by atoms with Gasteiger partial charge >= 0.3 is 6.36 Å². The molecular weight excluding hydrogens is 535 g/mol. The third-order valence-corrected chi connectivity index (χ3v) is 7.28. The van der Waals surface area contributed by atoms with Crippen molar-refractivity contribution in [2.24, 2.45) is 0 Å². The zero-order valence-electron chi connectivity index (χ0n) is 18.8. The molecule has 9 nitrogen and oxygen atoms in total. The van der Waals surface area contributed by atoms with Gasteiger partial charge < -0.3 is 15.0 Å². The van der Waals surface area contributed by atoms with Gasteiger partial charge in [0.2, 0.25) is 19.9 Å². The van der Waals surface area contributed by atoms with Crippen LogP contribution in [-0.2, 0) is 19.9 Å². The van der Waals surface area contributed by atoms with Gasteiger partial charge in [-0.15, -0.1) is 13.2 Å². The maximum absolute atomic E-state index is 13.0. The number of benzene rings is 3. The number of H-pyrrole nitrogens is 1. The van der Waals surface area contributed by atoms with Crippen molar-refractivity contribution in [1.82, 2.24) is 4.98 Å². The second-order valence-corrected chi connectivity index (χ2v) is 11.6. The van der Waals surface area contributed by atoms with E-state index in [2.05, 4.69) is 19.8 Å². The number of sulfone groups is 1. The fraction of sp³-hybridized carbons (Fsp3) is 0.0870. The van der Waals surface area contributed by atoms with E-state index in [1.54, 1.807) is 6.07 Å². The van der Waals surface area contributed by atoms with Crippen LogP contribution in [0, 0.1) is 0 Å². The van der Waals surface area contributed by atoms with Crippen molar-refractivity contribution in [3.63, 3.8) is 0 Å². The monoisotopic (exact) mass is 553 g/mol. The molecule has 1 aromatic heterocycles. The van der Waals surface area contributed by atoms with Crippen molar-refractivity contribution in [3.8, 4) is 5.75 Å². The van der Waals surface area contributed by atoms with Crippen molar-refractivity contribution in [1.29, 1.82) is 0 Å². The summed E-state index contributed by atoms with van der Waals surface area (Å²) < 4.78 is 92.6. The van der Waals surface area contributed by atoms with Crippen LogP contribution in [0.15, 0.2) is 82.6 Å². The fourth-order valence-electron chi connectivity index (χ4n) is 3.44. The summed E-state index contributed by atoms with van der Waals surface area (Å²) in [6.45, 7) is 0. The van der Waals surface area contributed by atoms with Crippen LogP contribution in [0.5, 0.6) is 5.75 Å². The molecule has 0 radical (unpaired) electrons. The molecule has 0 atom stereocenters. The SMILES string of the molecule is CS(=O)(=O)Nc1ccc2cc(C(=O)Nc3cccc(S(=O)(=O)c4cccc(OC(F)(F)F)c4)c3)[nH]c2c1. The Balaban J connectivity index is 1.56. The highest BCUT2D eigenvalue weighted by molar-refractivity contribution is 7.92. The zero-order valence-corrected chi connectivity index (χ0v) is 20.5. The summed E-state index contributed by atoms with van der Waals surface area (Å²) in [7, 11) is -7.73. The summed E-state index contributed by atoms with van der Waals surface area (Å²) in [5.41, 5.74) is 1.02. The van der Waals surface area contributed by atoms with Gasteiger partial charge in [0, 0.05) is 16.6 Å². The van der Waals surface area contributed by atoms with Crippen molar-refractivity contribution in [2.75, 3.05) is 16.3 Å². The van der Waals surface area contributed by atoms with Crippen molar-refractivity contribution < 1.29 is 39.5 Å². The molecule has 0 aliphatic rings. The molecule has 0 aliphatic heterocycles. The minimum absolute atomic E-state index is 0.117. The Morgan fingerprint density at radius 2 is 1.54 bits per heavy atom. The molecule has 37 heavy (non-hydrogen) atoms. The van der Waals surface area contributed by atoms with E-state index < -0.39 is 42.8 Å². The van der Waals surface area contributed by atoms with E-state index in [9.17, 15) is 34.8 Å². The smallest absolute Gasteiger partial charge is 0.406 e. The topological polar surface area (TPSA) is 134 Å². The Morgan fingerprint density at radius 1 is 0.865 bits per heavy atom. The lowest BCUT2D eigenvalue weighted by Gasteiger charge is -2.11. The molecule has 3 aromatic carbocycles. The van der Waals surface area contributed by atoms with Crippen LogP contribution in [0.2, 0.25) is 0 Å². The first-order chi connectivity index (χ1) is 17.2. The number of halogens is 3. The Kier molecular flexibility index (Phi) is 6.64. The number of rotatable bonds is 7. The lowest BCUT2D eigenvalue weighted by molar-refractivity contribution is -0.274. The molecule has 0 saturated heterocycles. The van der Waals surface area contributed by atoms with Crippen LogP contribution in [0.4, 0.5) is 24.5 Å². The molecule has 0 aliphatic carbocycles. The standard InChI is InChI=1S/C23H18F3N3O6S2/c1-36(31,32)29-16-9-8-14-10-21(28-20(14)12-16)22(30)27-15-4-2-6-18(11-15)37(33,34)19-7-3-5-17(13-19)35-23(24,25)26/h2-13,28-29H,1H3,(H,27,30).